The molecule has 0 aliphatic carbocycles. The van der Waals surface area contributed by atoms with Gasteiger partial charge >= 0.3 is 0 Å². The van der Waals surface area contributed by atoms with Crippen LogP contribution in [0.25, 0.3) is 0 Å². The molecule has 0 aromatic rings. The number of nitrogens with one attached hydrogen (secondary N) is 2. The van der Waals surface area contributed by atoms with Crippen molar-refractivity contribution in [3.05, 3.63) is 0 Å². The predicted octanol–water partition coefficient (Wildman–Crippen LogP) is 0.967. The van der Waals surface area contributed by atoms with Crippen LogP contribution in [0.2, 0.25) is 0 Å². The summed E-state index contributed by atoms with van der Waals surface area (Å²) in [6, 6.07) is 0. The minimum Gasteiger partial charge on any atom is -0.384 e. The minimum atomic E-state index is 0.127. The molecule has 0 aromatic carbocycles. The predicted molar refractivity (Wildman–Crippen MR) is 83.0 cm³/mol. The molecule has 2 N–H and O–H groups in total. The van der Waals surface area contributed by atoms with Crippen molar-refractivity contribution in [3.8, 4) is 0 Å². The van der Waals surface area contributed by atoms with Gasteiger partial charge in [0.1, 0.15) is 0 Å². The maximum Gasteiger partial charge on any atom is 0.233 e. The second-order valence-electron chi connectivity index (χ2n) is 5.34. The van der Waals surface area contributed by atoms with Gasteiger partial charge in [0, 0.05) is 36.3 Å². The van der Waals surface area contributed by atoms with E-state index >= 15 is 0 Å². The second kappa shape index (κ2) is 7.76. The van der Waals surface area contributed by atoms with Gasteiger partial charge in [0.05, 0.1) is 11.9 Å². The molecule has 0 bridgehead atoms. The molecule has 2 fully saturated rings. The number of thioether (sulfide) groups is 2. The summed E-state index contributed by atoms with van der Waals surface area (Å²) in [6.45, 7) is 3.53. The van der Waals surface area contributed by atoms with E-state index in [1.807, 2.05) is 11.8 Å². The molecule has 0 saturated carbocycles. The summed E-state index contributed by atoms with van der Waals surface area (Å²) in [5.74, 6) is 3.44. The third-order valence-electron chi connectivity index (χ3n) is 3.86. The summed E-state index contributed by atoms with van der Waals surface area (Å²) < 4.78 is 5.37. The summed E-state index contributed by atoms with van der Waals surface area (Å²) in [5, 5.41) is 6.68. The zero-order chi connectivity index (χ0) is 13.6. The highest BCUT2D eigenvalue weighted by Gasteiger charge is 2.33. The quantitative estimate of drug-likeness (QED) is 0.792. The van der Waals surface area contributed by atoms with Crippen molar-refractivity contribution in [1.82, 2.24) is 10.6 Å². The normalized spacial score (nSPS) is 26.9. The monoisotopic (exact) mass is 304 g/mol. The summed E-state index contributed by atoms with van der Waals surface area (Å²) in [4.78, 5) is 12.2. The first kappa shape index (κ1) is 15.5. The van der Waals surface area contributed by atoms with Crippen molar-refractivity contribution in [2.75, 3.05) is 50.6 Å². The Bertz CT molecular complexity index is 285. The third-order valence-corrected chi connectivity index (χ3v) is 6.61. The van der Waals surface area contributed by atoms with Gasteiger partial charge in [-0.3, -0.25) is 4.79 Å². The molecule has 1 amide bonds. The second-order valence-corrected chi connectivity index (χ2v) is 7.80. The van der Waals surface area contributed by atoms with E-state index < -0.39 is 0 Å². The molecule has 4 nitrogen and oxygen atoms in total. The van der Waals surface area contributed by atoms with E-state index in [1.54, 1.807) is 18.9 Å². The fourth-order valence-corrected chi connectivity index (χ4v) is 5.24. The Morgan fingerprint density at radius 2 is 2.21 bits per heavy atom. The Balaban J connectivity index is 1.82. The molecule has 2 rings (SSSR count). The zero-order valence-electron chi connectivity index (χ0n) is 11.6. The molecular formula is C13H24N2O2S2. The Hall–Kier alpha value is 0.0900. The SMILES string of the molecule is COCC1(CNC(=O)C2CSCCS2)CCNCC1. The highest BCUT2D eigenvalue weighted by atomic mass is 32.2. The summed E-state index contributed by atoms with van der Waals surface area (Å²) >= 11 is 3.68. The number of amides is 1. The van der Waals surface area contributed by atoms with Crippen molar-refractivity contribution in [3.63, 3.8) is 0 Å². The molecule has 19 heavy (non-hydrogen) atoms. The van der Waals surface area contributed by atoms with Gasteiger partial charge in [0.25, 0.3) is 0 Å². The van der Waals surface area contributed by atoms with Crippen molar-refractivity contribution >= 4 is 29.4 Å². The van der Waals surface area contributed by atoms with Crippen LogP contribution >= 0.6 is 23.5 Å². The van der Waals surface area contributed by atoms with Gasteiger partial charge < -0.3 is 15.4 Å². The van der Waals surface area contributed by atoms with Crippen molar-refractivity contribution in [2.45, 2.75) is 18.1 Å². The first-order valence-electron chi connectivity index (χ1n) is 6.92. The number of hydrogen-bond acceptors (Lipinski definition) is 5. The van der Waals surface area contributed by atoms with Crippen LogP contribution in [0.3, 0.4) is 0 Å². The van der Waals surface area contributed by atoms with Crippen LogP contribution in [0.1, 0.15) is 12.8 Å². The van der Waals surface area contributed by atoms with Crippen molar-refractivity contribution in [1.29, 1.82) is 0 Å². The molecule has 1 unspecified atom stereocenters. The third kappa shape index (κ3) is 4.55. The minimum absolute atomic E-state index is 0.127. The lowest BCUT2D eigenvalue weighted by atomic mass is 9.79. The molecule has 2 aliphatic rings. The number of piperidine rings is 1. The van der Waals surface area contributed by atoms with Crippen LogP contribution in [0.4, 0.5) is 0 Å². The van der Waals surface area contributed by atoms with Gasteiger partial charge in [-0.25, -0.2) is 0 Å². The topological polar surface area (TPSA) is 50.4 Å². The van der Waals surface area contributed by atoms with Crippen LogP contribution in [-0.4, -0.2) is 61.8 Å². The summed E-state index contributed by atoms with van der Waals surface area (Å²) in [7, 11) is 1.75. The molecular weight excluding hydrogens is 280 g/mol. The van der Waals surface area contributed by atoms with E-state index in [0.29, 0.717) is 0 Å². The Morgan fingerprint density at radius 1 is 1.42 bits per heavy atom. The summed E-state index contributed by atoms with van der Waals surface area (Å²) in [6.07, 6.45) is 2.15. The van der Waals surface area contributed by atoms with Crippen molar-refractivity contribution < 1.29 is 9.53 Å². The molecule has 6 heteroatoms. The molecule has 0 radical (unpaired) electrons. The van der Waals surface area contributed by atoms with E-state index in [-0.39, 0.29) is 16.6 Å². The Kier molecular flexibility index (Phi) is 6.32. The first-order valence-corrected chi connectivity index (χ1v) is 9.13. The van der Waals surface area contributed by atoms with Gasteiger partial charge in [0.15, 0.2) is 0 Å². The molecule has 2 aliphatic heterocycles. The van der Waals surface area contributed by atoms with Gasteiger partial charge in [-0.2, -0.15) is 11.8 Å². The van der Waals surface area contributed by atoms with Crippen LogP contribution in [0.5, 0.6) is 0 Å². The van der Waals surface area contributed by atoms with E-state index in [9.17, 15) is 4.79 Å². The fourth-order valence-electron chi connectivity index (χ4n) is 2.66. The highest BCUT2D eigenvalue weighted by Crippen LogP contribution is 2.29. The molecule has 2 heterocycles. The number of hydrogen-bond donors (Lipinski definition) is 2. The van der Waals surface area contributed by atoms with Crippen LogP contribution < -0.4 is 10.6 Å². The van der Waals surface area contributed by atoms with E-state index in [4.69, 9.17) is 4.74 Å². The number of rotatable bonds is 5. The largest absolute Gasteiger partial charge is 0.384 e. The number of carbonyl (C=O) groups is 1. The fraction of sp³-hybridized carbons (Fsp3) is 0.923. The Labute approximate surface area is 124 Å². The van der Waals surface area contributed by atoms with Gasteiger partial charge in [-0.05, 0) is 25.9 Å². The van der Waals surface area contributed by atoms with Gasteiger partial charge in [-0.15, -0.1) is 11.8 Å². The van der Waals surface area contributed by atoms with Crippen molar-refractivity contribution in [2.24, 2.45) is 5.41 Å². The summed E-state index contributed by atoms with van der Waals surface area (Å²) in [5.41, 5.74) is 0.127. The number of methoxy groups -OCH3 is 1. The maximum atomic E-state index is 12.2. The lowest BCUT2D eigenvalue weighted by Crippen LogP contribution is -2.49. The average molecular weight is 304 g/mol. The van der Waals surface area contributed by atoms with E-state index in [1.165, 1.54) is 5.75 Å². The lowest BCUT2D eigenvalue weighted by Gasteiger charge is -2.37. The molecule has 110 valence electrons. The average Bonchev–Trinajstić information content (AvgIpc) is 2.47. The number of ether oxygens (including phenoxy) is 1. The molecule has 0 aromatic heterocycles. The zero-order valence-corrected chi connectivity index (χ0v) is 13.2. The molecule has 0 spiro atoms. The standard InChI is InChI=1S/C13H24N2O2S2/c1-17-10-13(2-4-14-5-3-13)9-15-12(16)11-8-18-6-7-19-11/h11,14H,2-10H2,1H3,(H,15,16). The highest BCUT2D eigenvalue weighted by molar-refractivity contribution is 8.07. The number of carbonyl (C=O) groups excluding carboxylic acids is 1. The van der Waals surface area contributed by atoms with Crippen LogP contribution in [0, 0.1) is 5.41 Å². The van der Waals surface area contributed by atoms with Gasteiger partial charge in [0.2, 0.25) is 5.91 Å². The van der Waals surface area contributed by atoms with E-state index in [2.05, 4.69) is 10.6 Å². The Morgan fingerprint density at radius 3 is 2.84 bits per heavy atom. The lowest BCUT2D eigenvalue weighted by molar-refractivity contribution is -0.121. The first-order chi connectivity index (χ1) is 9.26. The van der Waals surface area contributed by atoms with Crippen LogP contribution in [0.15, 0.2) is 0 Å². The molecule has 1 atom stereocenters. The smallest absolute Gasteiger partial charge is 0.233 e. The van der Waals surface area contributed by atoms with E-state index in [0.717, 1.165) is 50.6 Å². The van der Waals surface area contributed by atoms with Crippen LogP contribution in [-0.2, 0) is 9.53 Å². The maximum absolute atomic E-state index is 12.2. The molecule has 2 saturated heterocycles. The van der Waals surface area contributed by atoms with Gasteiger partial charge in [-0.1, -0.05) is 0 Å².